The Morgan fingerprint density at radius 1 is 1.45 bits per heavy atom. The Morgan fingerprint density at radius 3 is 2.64 bits per heavy atom. The number of aromatic nitrogens is 1. The third-order valence-electron chi connectivity index (χ3n) is 3.57. The molecule has 5 nitrogen and oxygen atoms in total. The van der Waals surface area contributed by atoms with Crippen molar-refractivity contribution < 1.29 is 27.9 Å². The average molecular weight is 336 g/mol. The highest BCUT2D eigenvalue weighted by Gasteiger charge is 2.53. The molecule has 0 radical (unpaired) electrons. The monoisotopic (exact) mass is 336 g/mol. The Bertz CT molecular complexity index is 573. The number of nitrogens with zero attached hydrogens (tertiary/aromatic N) is 2. The van der Waals surface area contributed by atoms with Gasteiger partial charge in [-0.3, -0.25) is 9.59 Å². The van der Waals surface area contributed by atoms with E-state index in [-0.39, 0.29) is 4.88 Å². The molecule has 0 spiro atoms. The molecule has 0 saturated carbocycles. The van der Waals surface area contributed by atoms with Crippen molar-refractivity contribution in [1.29, 1.82) is 0 Å². The Labute approximate surface area is 128 Å². The summed E-state index contributed by atoms with van der Waals surface area (Å²) < 4.78 is 38.7. The smallest absolute Gasteiger partial charge is 0.394 e. The molecule has 122 valence electrons. The maximum Gasteiger partial charge on any atom is 0.394 e. The molecule has 2 heterocycles. The number of alkyl halides is 3. The fourth-order valence-corrected chi connectivity index (χ4v) is 3.43. The van der Waals surface area contributed by atoms with Crippen molar-refractivity contribution in [2.75, 3.05) is 13.1 Å². The second-order valence-corrected chi connectivity index (χ2v) is 6.29. The van der Waals surface area contributed by atoms with Crippen LogP contribution in [0.5, 0.6) is 0 Å². The zero-order valence-electron chi connectivity index (χ0n) is 11.8. The van der Waals surface area contributed by atoms with Gasteiger partial charge >= 0.3 is 12.1 Å². The number of hydrogen-bond donors (Lipinski definition) is 1. The van der Waals surface area contributed by atoms with Crippen LogP contribution >= 0.6 is 11.3 Å². The van der Waals surface area contributed by atoms with E-state index in [4.69, 9.17) is 5.11 Å². The van der Waals surface area contributed by atoms with E-state index in [9.17, 15) is 22.8 Å². The van der Waals surface area contributed by atoms with Gasteiger partial charge in [0.2, 0.25) is 0 Å². The molecule has 0 aliphatic carbocycles. The number of rotatable bonds is 4. The molecule has 1 N–H and O–H groups in total. The fourth-order valence-electron chi connectivity index (χ4n) is 2.45. The van der Waals surface area contributed by atoms with Crippen LogP contribution in [0.25, 0.3) is 0 Å². The van der Waals surface area contributed by atoms with Crippen LogP contribution in [-0.4, -0.2) is 46.1 Å². The molecule has 1 amide bonds. The van der Waals surface area contributed by atoms with Crippen molar-refractivity contribution in [3.05, 3.63) is 16.1 Å². The normalized spacial score (nSPS) is 22.1. The number of carbonyl (C=O) groups is 2. The van der Waals surface area contributed by atoms with Crippen LogP contribution in [0.15, 0.2) is 6.20 Å². The summed E-state index contributed by atoms with van der Waals surface area (Å²) in [6.07, 6.45) is -1.75. The van der Waals surface area contributed by atoms with Gasteiger partial charge in [-0.1, -0.05) is 6.92 Å². The summed E-state index contributed by atoms with van der Waals surface area (Å²) in [5, 5.41) is 9.69. The molecule has 1 aliphatic heterocycles. The summed E-state index contributed by atoms with van der Waals surface area (Å²) in [5.74, 6) is -5.77. The first-order valence-corrected chi connectivity index (χ1v) is 7.59. The number of halogens is 3. The highest BCUT2D eigenvalue weighted by molar-refractivity contribution is 7.13. The lowest BCUT2D eigenvalue weighted by Gasteiger charge is -2.18. The topological polar surface area (TPSA) is 70.5 Å². The van der Waals surface area contributed by atoms with Crippen LogP contribution in [-0.2, 0) is 11.2 Å². The molecule has 2 rings (SSSR count). The van der Waals surface area contributed by atoms with E-state index in [1.165, 1.54) is 6.20 Å². The number of carboxylic acids is 1. The molecule has 1 aromatic heterocycles. The quantitative estimate of drug-likeness (QED) is 0.917. The molecular weight excluding hydrogens is 321 g/mol. The molecule has 9 heteroatoms. The van der Waals surface area contributed by atoms with Gasteiger partial charge in [0.1, 0.15) is 4.88 Å². The first-order chi connectivity index (χ1) is 10.2. The van der Waals surface area contributed by atoms with E-state index in [1.54, 1.807) is 0 Å². The third kappa shape index (κ3) is 3.40. The zero-order valence-corrected chi connectivity index (χ0v) is 12.6. The number of amides is 1. The van der Waals surface area contributed by atoms with Gasteiger partial charge in [0.25, 0.3) is 5.91 Å². The van der Waals surface area contributed by atoms with Crippen LogP contribution in [0.3, 0.4) is 0 Å². The predicted octanol–water partition coefficient (Wildman–Crippen LogP) is 2.43. The van der Waals surface area contributed by atoms with Crippen molar-refractivity contribution in [2.24, 2.45) is 11.8 Å². The summed E-state index contributed by atoms with van der Waals surface area (Å²) in [6.45, 7) is 0.897. The van der Waals surface area contributed by atoms with Crippen LogP contribution in [0, 0.1) is 11.8 Å². The first-order valence-electron chi connectivity index (χ1n) is 6.77. The van der Waals surface area contributed by atoms with E-state index in [2.05, 4.69) is 4.98 Å². The first kappa shape index (κ1) is 16.7. The Balaban J connectivity index is 2.15. The van der Waals surface area contributed by atoms with Crippen molar-refractivity contribution in [3.8, 4) is 0 Å². The fraction of sp³-hybridized carbons (Fsp3) is 0.615. The lowest BCUT2D eigenvalue weighted by molar-refractivity contribution is -0.187. The molecule has 0 unspecified atom stereocenters. The number of likely N-dealkylation sites (tertiary alicyclic amines) is 1. The van der Waals surface area contributed by atoms with Gasteiger partial charge in [-0.25, -0.2) is 4.98 Å². The largest absolute Gasteiger partial charge is 0.481 e. The second-order valence-electron chi connectivity index (χ2n) is 5.17. The minimum absolute atomic E-state index is 0.246. The minimum Gasteiger partial charge on any atom is -0.481 e. The molecular formula is C13H15F3N2O3S. The highest BCUT2D eigenvalue weighted by atomic mass is 32.1. The number of thiazole rings is 1. The van der Waals surface area contributed by atoms with E-state index >= 15 is 0 Å². The summed E-state index contributed by atoms with van der Waals surface area (Å²) in [6, 6.07) is 0. The summed E-state index contributed by atoms with van der Waals surface area (Å²) in [7, 11) is 0. The summed E-state index contributed by atoms with van der Waals surface area (Å²) >= 11 is 1.14. The van der Waals surface area contributed by atoms with Gasteiger partial charge in [0.05, 0.1) is 23.0 Å². The minimum atomic E-state index is -4.64. The molecule has 2 atom stereocenters. The third-order valence-corrected chi connectivity index (χ3v) is 4.62. The maximum atomic E-state index is 12.9. The Morgan fingerprint density at radius 2 is 2.14 bits per heavy atom. The molecule has 0 bridgehead atoms. The molecule has 1 saturated heterocycles. The SMILES string of the molecule is CCCc1ncc(C(=O)N2C[C@@H](C(F)(F)F)[C@H](C(=O)O)C2)s1. The van der Waals surface area contributed by atoms with Crippen LogP contribution in [0.2, 0.25) is 0 Å². The summed E-state index contributed by atoms with van der Waals surface area (Å²) in [5.41, 5.74) is 0. The number of carbonyl (C=O) groups excluding carboxylic acids is 1. The number of carboxylic acid groups (broad SMARTS) is 1. The van der Waals surface area contributed by atoms with E-state index in [0.717, 1.165) is 27.7 Å². The van der Waals surface area contributed by atoms with Gasteiger partial charge < -0.3 is 10.0 Å². The van der Waals surface area contributed by atoms with E-state index in [1.807, 2.05) is 6.92 Å². The predicted molar refractivity (Wildman–Crippen MR) is 72.7 cm³/mol. The van der Waals surface area contributed by atoms with Crippen molar-refractivity contribution >= 4 is 23.2 Å². The van der Waals surface area contributed by atoms with E-state index in [0.29, 0.717) is 6.42 Å². The molecule has 0 aromatic carbocycles. The molecule has 1 aliphatic rings. The van der Waals surface area contributed by atoms with Gasteiger partial charge in [-0.2, -0.15) is 13.2 Å². The van der Waals surface area contributed by atoms with Crippen molar-refractivity contribution in [1.82, 2.24) is 9.88 Å². The van der Waals surface area contributed by atoms with Crippen LogP contribution in [0.1, 0.15) is 28.0 Å². The number of aryl methyl sites for hydroxylation is 1. The van der Waals surface area contributed by atoms with Gasteiger partial charge in [-0.15, -0.1) is 11.3 Å². The van der Waals surface area contributed by atoms with Gasteiger partial charge in [0.15, 0.2) is 0 Å². The van der Waals surface area contributed by atoms with Crippen molar-refractivity contribution in [3.63, 3.8) is 0 Å². The van der Waals surface area contributed by atoms with Crippen LogP contribution in [0.4, 0.5) is 13.2 Å². The molecule has 1 aromatic rings. The second kappa shape index (κ2) is 6.23. The van der Waals surface area contributed by atoms with Gasteiger partial charge in [-0.05, 0) is 12.8 Å². The number of aliphatic carboxylic acids is 1. The zero-order chi connectivity index (χ0) is 16.5. The Hall–Kier alpha value is -1.64. The standard InChI is InChI=1S/C13H15F3N2O3S/c1-2-3-10-17-4-9(22-10)11(19)18-5-7(12(20)21)8(6-18)13(14,15)16/h4,7-8H,2-3,5-6H2,1H3,(H,20,21)/t7-,8-/m1/s1. The van der Waals surface area contributed by atoms with Crippen molar-refractivity contribution in [2.45, 2.75) is 25.9 Å². The highest BCUT2D eigenvalue weighted by Crippen LogP contribution is 2.38. The van der Waals surface area contributed by atoms with E-state index < -0.39 is 43.0 Å². The maximum absolute atomic E-state index is 12.9. The molecule has 22 heavy (non-hydrogen) atoms. The lowest BCUT2D eigenvalue weighted by atomic mass is 9.96. The summed E-state index contributed by atoms with van der Waals surface area (Å²) in [4.78, 5) is 28.5. The molecule has 1 fully saturated rings. The average Bonchev–Trinajstić information content (AvgIpc) is 3.04. The van der Waals surface area contributed by atoms with Crippen LogP contribution < -0.4 is 0 Å². The van der Waals surface area contributed by atoms with Gasteiger partial charge in [0, 0.05) is 13.1 Å². The number of hydrogen-bond acceptors (Lipinski definition) is 4. The lowest BCUT2D eigenvalue weighted by Crippen LogP contribution is -2.34. The Kier molecular flexibility index (Phi) is 4.74.